The molecule has 0 aliphatic heterocycles. The number of carbonyl (C=O) groups is 1. The average Bonchev–Trinajstić information content (AvgIpc) is 2.69. The Bertz CT molecular complexity index is 849. The van der Waals surface area contributed by atoms with Crippen molar-refractivity contribution in [2.45, 2.75) is 76.3 Å². The lowest BCUT2D eigenvalue weighted by atomic mass is 9.80. The van der Waals surface area contributed by atoms with Gasteiger partial charge in [0, 0.05) is 18.2 Å². The fourth-order valence-corrected chi connectivity index (χ4v) is 5.20. The summed E-state index contributed by atoms with van der Waals surface area (Å²) in [7, 11) is -1.88. The molecule has 30 heavy (non-hydrogen) atoms. The van der Waals surface area contributed by atoms with E-state index in [9.17, 15) is 4.79 Å². The van der Waals surface area contributed by atoms with Crippen LogP contribution in [0.25, 0.3) is 0 Å². The molecule has 1 aromatic carbocycles. The monoisotopic (exact) mass is 445 g/mol. The van der Waals surface area contributed by atoms with E-state index in [4.69, 9.17) is 20.8 Å². The van der Waals surface area contributed by atoms with Gasteiger partial charge in [-0.05, 0) is 61.2 Å². The van der Waals surface area contributed by atoms with Gasteiger partial charge in [0.2, 0.25) is 0 Å². The van der Waals surface area contributed by atoms with Gasteiger partial charge in [0.25, 0.3) is 0 Å². The molecule has 1 aliphatic carbocycles. The molecule has 1 aliphatic rings. The summed E-state index contributed by atoms with van der Waals surface area (Å²) in [6.45, 7) is 11.3. The molecule has 6 heteroatoms. The van der Waals surface area contributed by atoms with Crippen molar-refractivity contribution in [1.29, 1.82) is 0 Å². The van der Waals surface area contributed by atoms with E-state index < -0.39 is 8.32 Å². The molecule has 4 nitrogen and oxygen atoms in total. The molecule has 162 valence electrons. The van der Waals surface area contributed by atoms with Crippen molar-refractivity contribution in [1.82, 2.24) is 4.98 Å². The summed E-state index contributed by atoms with van der Waals surface area (Å²) < 4.78 is 12.7. The van der Waals surface area contributed by atoms with Crippen LogP contribution in [0.1, 0.15) is 61.9 Å². The van der Waals surface area contributed by atoms with Gasteiger partial charge in [-0.3, -0.25) is 0 Å². The molecule has 3 rings (SSSR count). The minimum absolute atomic E-state index is 0.0333. The molecule has 3 atom stereocenters. The van der Waals surface area contributed by atoms with Gasteiger partial charge in [0.1, 0.15) is 11.3 Å². The molecule has 1 fully saturated rings. The first-order chi connectivity index (χ1) is 14.1. The van der Waals surface area contributed by atoms with Gasteiger partial charge >= 0.3 is 5.97 Å². The van der Waals surface area contributed by atoms with Crippen molar-refractivity contribution >= 4 is 25.9 Å². The molecule has 1 heterocycles. The first-order valence-corrected chi connectivity index (χ1v) is 13.9. The molecule has 0 saturated heterocycles. The summed E-state index contributed by atoms with van der Waals surface area (Å²) in [5, 5.41) is 0.613. The topological polar surface area (TPSA) is 48.4 Å². The molecule has 0 bridgehead atoms. The van der Waals surface area contributed by atoms with Crippen LogP contribution < -0.4 is 0 Å². The van der Waals surface area contributed by atoms with E-state index in [0.29, 0.717) is 10.7 Å². The largest absolute Gasteiger partial charge is 0.458 e. The van der Waals surface area contributed by atoms with Gasteiger partial charge in [-0.1, -0.05) is 56.6 Å². The number of aromatic nitrogens is 1. The molecule has 2 aromatic rings. The van der Waals surface area contributed by atoms with Crippen molar-refractivity contribution in [3.8, 4) is 0 Å². The Labute approximate surface area is 186 Å². The summed E-state index contributed by atoms with van der Waals surface area (Å²) in [5.41, 5.74) is 1.61. The van der Waals surface area contributed by atoms with Crippen LogP contribution in [0.15, 0.2) is 48.7 Å². The first kappa shape index (κ1) is 23.0. The van der Waals surface area contributed by atoms with E-state index in [1.807, 2.05) is 24.3 Å². The fourth-order valence-electron chi connectivity index (χ4n) is 3.68. The quantitative estimate of drug-likeness (QED) is 0.295. The standard InChI is InChI=1S/C24H32ClNO3Si/c1-24(2,3)30(4,5)29-19-12-13-21(28-23(27)17-9-7-6-8-10-17)20(15-19)18-11-14-22(25)26-16-18/h6-11,14,16,19-21H,12-13,15H2,1-5H3/t19-,20-,21-/m0/s1. The zero-order valence-electron chi connectivity index (χ0n) is 18.5. The van der Waals surface area contributed by atoms with Crippen LogP contribution in [0.3, 0.4) is 0 Å². The zero-order valence-corrected chi connectivity index (χ0v) is 20.3. The first-order valence-electron chi connectivity index (χ1n) is 10.6. The summed E-state index contributed by atoms with van der Waals surface area (Å²) in [5.74, 6) is -0.248. The van der Waals surface area contributed by atoms with Gasteiger partial charge in [-0.25, -0.2) is 9.78 Å². The lowest BCUT2D eigenvalue weighted by Gasteiger charge is -2.43. The number of rotatable bonds is 5. The van der Waals surface area contributed by atoms with E-state index in [0.717, 1.165) is 24.8 Å². The Hall–Kier alpha value is -1.69. The molecule has 0 unspecified atom stereocenters. The lowest BCUT2D eigenvalue weighted by Crippen LogP contribution is -2.46. The molecule has 0 spiro atoms. The van der Waals surface area contributed by atoms with Gasteiger partial charge in [-0.15, -0.1) is 0 Å². The number of halogens is 1. The highest BCUT2D eigenvalue weighted by atomic mass is 35.5. The van der Waals surface area contributed by atoms with Crippen LogP contribution in [-0.2, 0) is 9.16 Å². The maximum absolute atomic E-state index is 12.7. The second kappa shape index (κ2) is 9.21. The smallest absolute Gasteiger partial charge is 0.338 e. The van der Waals surface area contributed by atoms with Gasteiger partial charge in [-0.2, -0.15) is 0 Å². The molecular formula is C24H32ClNO3Si. The second-order valence-electron chi connectivity index (χ2n) is 9.64. The zero-order chi connectivity index (χ0) is 21.9. The number of benzene rings is 1. The van der Waals surface area contributed by atoms with E-state index in [-0.39, 0.29) is 29.1 Å². The van der Waals surface area contributed by atoms with Crippen LogP contribution in [-0.4, -0.2) is 31.5 Å². The second-order valence-corrected chi connectivity index (χ2v) is 14.8. The third-order valence-corrected chi connectivity index (χ3v) is 11.2. The predicted octanol–water partition coefficient (Wildman–Crippen LogP) is 6.62. The Kier molecular flexibility index (Phi) is 7.05. The number of nitrogens with zero attached hydrogens (tertiary/aromatic N) is 1. The van der Waals surface area contributed by atoms with Crippen LogP contribution >= 0.6 is 11.6 Å². The molecule has 0 radical (unpaired) electrons. The van der Waals surface area contributed by atoms with E-state index in [1.165, 1.54) is 0 Å². The highest BCUT2D eigenvalue weighted by Gasteiger charge is 2.42. The molecule has 0 amide bonds. The van der Waals surface area contributed by atoms with E-state index in [1.54, 1.807) is 24.4 Å². The van der Waals surface area contributed by atoms with E-state index >= 15 is 0 Å². The van der Waals surface area contributed by atoms with Crippen molar-refractivity contribution in [3.05, 3.63) is 64.9 Å². The van der Waals surface area contributed by atoms with Crippen molar-refractivity contribution < 1.29 is 14.0 Å². The third-order valence-electron chi connectivity index (χ3n) is 6.45. The Morgan fingerprint density at radius 2 is 1.80 bits per heavy atom. The summed E-state index contributed by atoms with van der Waals surface area (Å²) >= 11 is 6.00. The maximum atomic E-state index is 12.7. The van der Waals surface area contributed by atoms with Crippen molar-refractivity contribution in [3.63, 3.8) is 0 Å². The Morgan fingerprint density at radius 1 is 1.10 bits per heavy atom. The fraction of sp³-hybridized carbons (Fsp3) is 0.500. The van der Waals surface area contributed by atoms with Gasteiger partial charge < -0.3 is 9.16 Å². The highest BCUT2D eigenvalue weighted by molar-refractivity contribution is 6.74. The van der Waals surface area contributed by atoms with E-state index in [2.05, 4.69) is 38.8 Å². The normalized spacial score (nSPS) is 22.5. The van der Waals surface area contributed by atoms with Crippen molar-refractivity contribution in [2.24, 2.45) is 0 Å². The molecular weight excluding hydrogens is 414 g/mol. The number of carbonyl (C=O) groups excluding carboxylic acids is 1. The predicted molar refractivity (Wildman–Crippen MR) is 124 cm³/mol. The molecule has 1 aromatic heterocycles. The number of pyridine rings is 1. The highest BCUT2D eigenvalue weighted by Crippen LogP contribution is 2.42. The van der Waals surface area contributed by atoms with Gasteiger partial charge in [0.15, 0.2) is 8.32 Å². The van der Waals surface area contributed by atoms with Crippen LogP contribution in [0.5, 0.6) is 0 Å². The summed E-state index contributed by atoms with van der Waals surface area (Å²) in [6.07, 6.45) is 4.20. The average molecular weight is 446 g/mol. The van der Waals surface area contributed by atoms with Crippen molar-refractivity contribution in [2.75, 3.05) is 0 Å². The number of ether oxygens (including phenoxy) is 1. The summed E-state index contributed by atoms with van der Waals surface area (Å²) in [6, 6.07) is 12.9. The number of hydrogen-bond acceptors (Lipinski definition) is 4. The van der Waals surface area contributed by atoms with Crippen LogP contribution in [0.4, 0.5) is 0 Å². The Morgan fingerprint density at radius 3 is 2.40 bits per heavy atom. The lowest BCUT2D eigenvalue weighted by molar-refractivity contribution is -0.00354. The summed E-state index contributed by atoms with van der Waals surface area (Å²) in [4.78, 5) is 17.0. The molecule has 1 saturated carbocycles. The van der Waals surface area contributed by atoms with Gasteiger partial charge in [0.05, 0.1) is 5.56 Å². The number of esters is 1. The maximum Gasteiger partial charge on any atom is 0.338 e. The third kappa shape index (κ3) is 5.51. The number of hydrogen-bond donors (Lipinski definition) is 0. The minimum Gasteiger partial charge on any atom is -0.458 e. The minimum atomic E-state index is -1.88. The SMILES string of the molecule is CC(C)(C)[Si](C)(C)O[C@H]1CC[C@H](OC(=O)c2ccccc2)[C@H](c2ccc(Cl)nc2)C1. The Balaban J connectivity index is 1.79. The molecule has 0 N–H and O–H groups in total. The van der Waals surface area contributed by atoms with Crippen LogP contribution in [0, 0.1) is 0 Å². The van der Waals surface area contributed by atoms with Crippen LogP contribution in [0.2, 0.25) is 23.3 Å².